The van der Waals surface area contributed by atoms with Crippen LogP contribution in [0.25, 0.3) is 0 Å². The Kier molecular flexibility index (Phi) is 9.28. The van der Waals surface area contributed by atoms with E-state index in [1.807, 2.05) is 0 Å². The van der Waals surface area contributed by atoms with Gasteiger partial charge in [-0.3, -0.25) is 0 Å². The Morgan fingerprint density at radius 2 is 0.636 bits per heavy atom. The van der Waals surface area contributed by atoms with Gasteiger partial charge in [0.2, 0.25) is 0 Å². The van der Waals surface area contributed by atoms with Crippen LogP contribution in [0.15, 0.2) is 0 Å². The van der Waals surface area contributed by atoms with Crippen LogP contribution in [0.5, 0.6) is 0 Å². The van der Waals surface area contributed by atoms with Crippen molar-refractivity contribution in [3.8, 4) is 0 Å². The van der Waals surface area contributed by atoms with Crippen LogP contribution in [0.2, 0.25) is 0 Å². The molecule has 0 heterocycles. The summed E-state index contributed by atoms with van der Waals surface area (Å²) in [5.41, 5.74) is 0. The Hall–Kier alpha value is 0.278. The summed E-state index contributed by atoms with van der Waals surface area (Å²) in [6.45, 7) is 0. The third-order valence-corrected chi connectivity index (χ3v) is 0. The van der Waals surface area contributed by atoms with Gasteiger partial charge in [0.1, 0.15) is 0 Å². The van der Waals surface area contributed by atoms with Crippen LogP contribution in [0, 0.1) is 0 Å². The third kappa shape index (κ3) is 9090. The van der Waals surface area contributed by atoms with Crippen LogP contribution in [0.1, 0.15) is 0 Å². The van der Waals surface area contributed by atoms with E-state index in [0.29, 0.717) is 0 Å². The van der Waals surface area contributed by atoms with Gasteiger partial charge in [0.05, 0.1) is 0 Å². The summed E-state index contributed by atoms with van der Waals surface area (Å²) in [6, 6.07) is 0. The van der Waals surface area contributed by atoms with Crippen molar-refractivity contribution >= 4 is 17.1 Å². The molecule has 70 valence electrons. The maximum atomic E-state index is 8.58. The summed E-state index contributed by atoms with van der Waals surface area (Å²) < 4.78 is 68.6. The zero-order valence-corrected chi connectivity index (χ0v) is 8.98. The molecular formula is H2Mn2O8Se. The first-order valence-corrected chi connectivity index (χ1v) is 5.09. The van der Waals surface area contributed by atoms with E-state index < -0.39 is 25.9 Å². The third-order valence-electron chi connectivity index (χ3n) is 0. The van der Waals surface area contributed by atoms with Gasteiger partial charge in [-0.05, 0) is 0 Å². The van der Waals surface area contributed by atoms with E-state index in [2.05, 4.69) is 0 Å². The number of hydrogen-bond acceptors (Lipinski definition) is 8. The van der Waals surface area contributed by atoms with E-state index >= 15 is 0 Å². The summed E-state index contributed by atoms with van der Waals surface area (Å²) in [6.07, 6.45) is 0. The van der Waals surface area contributed by atoms with Crippen molar-refractivity contribution in [1.29, 1.82) is 0 Å². The molecule has 11 heteroatoms. The SMILES string of the molecule is [O]=[Mn](=[O])(=[O])[O-].[O]=[Mn](=[O])(=[O])[O-].[SeH2+2]. The molecule has 0 amide bonds. The quantitative estimate of drug-likeness (QED) is 0.410. The van der Waals surface area contributed by atoms with Crippen molar-refractivity contribution in [3.63, 3.8) is 0 Å². The van der Waals surface area contributed by atoms with Gasteiger partial charge in [-0.2, -0.15) is 0 Å². The van der Waals surface area contributed by atoms with Crippen LogP contribution in [-0.2, 0) is 48.9 Å². The molecule has 0 spiro atoms. The second kappa shape index (κ2) is 5.87. The molecule has 0 atom stereocenters. The van der Waals surface area contributed by atoms with Crippen LogP contribution >= 0.6 is 0 Å². The second-order valence-corrected chi connectivity index (χ2v) is 3.12. The van der Waals surface area contributed by atoms with Gasteiger partial charge >= 0.3 is 74.4 Å². The van der Waals surface area contributed by atoms with Crippen LogP contribution in [0.3, 0.4) is 0 Å². The molecule has 0 aromatic rings. The van der Waals surface area contributed by atoms with E-state index in [4.69, 9.17) is 31.4 Å². The van der Waals surface area contributed by atoms with E-state index in [9.17, 15) is 0 Å². The Morgan fingerprint density at radius 1 is 0.636 bits per heavy atom. The molecule has 8 nitrogen and oxygen atoms in total. The second-order valence-electron chi connectivity index (χ2n) is 0.756. The monoisotopic (exact) mass is 320 g/mol. The van der Waals surface area contributed by atoms with Crippen LogP contribution in [0.4, 0.5) is 0 Å². The normalized spacial score (nSPS) is 10.4. The molecule has 0 aliphatic heterocycles. The van der Waals surface area contributed by atoms with Crippen molar-refractivity contribution in [2.45, 2.75) is 0 Å². The molecule has 0 bridgehead atoms. The fourth-order valence-corrected chi connectivity index (χ4v) is 0. The van der Waals surface area contributed by atoms with E-state index in [0.717, 1.165) is 0 Å². The summed E-state index contributed by atoms with van der Waals surface area (Å²) in [7, 11) is 0. The van der Waals surface area contributed by atoms with Gasteiger partial charge in [-0.25, -0.2) is 0 Å². The Balaban J connectivity index is -0.000000107. The predicted molar refractivity (Wildman–Crippen MR) is 12.7 cm³/mol. The molecule has 0 aromatic heterocycles. The number of rotatable bonds is 0. The van der Waals surface area contributed by atoms with E-state index in [-0.39, 0.29) is 17.1 Å². The molecule has 2 radical (unpaired) electrons. The fraction of sp³-hybridized carbons (Fsp3) is 0. The summed E-state index contributed by atoms with van der Waals surface area (Å²) >= 11 is -11.2. The van der Waals surface area contributed by atoms with Gasteiger partial charge in [0.15, 0.2) is 0 Å². The molecule has 0 saturated heterocycles. The Labute approximate surface area is 74.4 Å². The molecule has 0 unspecified atom stereocenters. The van der Waals surface area contributed by atoms with Crippen LogP contribution < -0.4 is 8.38 Å². The fourth-order valence-electron chi connectivity index (χ4n) is 0. The average Bonchev–Trinajstić information content (AvgIpc) is 1.12. The molecule has 0 saturated carbocycles. The zero-order chi connectivity index (χ0) is 9.00. The van der Waals surface area contributed by atoms with Gasteiger partial charge < -0.3 is 0 Å². The molecule has 0 aromatic carbocycles. The van der Waals surface area contributed by atoms with E-state index in [1.165, 1.54) is 0 Å². The zero-order valence-electron chi connectivity index (χ0n) is 4.52. The topological polar surface area (TPSA) is 149 Å². The van der Waals surface area contributed by atoms with E-state index in [1.54, 1.807) is 0 Å². The van der Waals surface area contributed by atoms with Crippen molar-refractivity contribution in [2.75, 3.05) is 0 Å². The van der Waals surface area contributed by atoms with Crippen molar-refractivity contribution in [1.82, 2.24) is 0 Å². The number of hydrogen-bond donors (Lipinski definition) is 0. The summed E-state index contributed by atoms with van der Waals surface area (Å²) in [5, 5.41) is 0. The average molecular weight is 319 g/mol. The molecule has 0 rings (SSSR count). The first-order valence-electron chi connectivity index (χ1n) is 1.23. The molecule has 0 N–H and O–H groups in total. The molecular weight excluding hydrogens is 317 g/mol. The van der Waals surface area contributed by atoms with Gasteiger partial charge in [-0.1, -0.05) is 0 Å². The Morgan fingerprint density at radius 3 is 0.636 bits per heavy atom. The van der Waals surface area contributed by atoms with Gasteiger partial charge in [0.25, 0.3) is 0 Å². The molecule has 0 aliphatic carbocycles. The summed E-state index contributed by atoms with van der Waals surface area (Å²) in [4.78, 5) is 0. The van der Waals surface area contributed by atoms with Crippen LogP contribution in [-0.4, -0.2) is 17.1 Å². The standard InChI is InChI=1S/2Mn.8O.H2Se/h;;;;;;;;;;1H2/q;;;;;;;;2*-1;+2. The first kappa shape index (κ1) is 17.4. The first-order chi connectivity index (χ1) is 4.00. The minimum absolute atomic E-state index is 0. The Bertz CT molecular complexity index is 296. The van der Waals surface area contributed by atoms with Crippen molar-refractivity contribution < 1.29 is 57.3 Å². The summed E-state index contributed by atoms with van der Waals surface area (Å²) in [5.74, 6) is 0. The molecule has 11 heavy (non-hydrogen) atoms. The van der Waals surface area contributed by atoms with Crippen molar-refractivity contribution in [2.24, 2.45) is 0 Å². The molecule has 0 fully saturated rings. The maximum absolute atomic E-state index is 8.58. The minimum atomic E-state index is -5.62. The van der Waals surface area contributed by atoms with Gasteiger partial charge in [0, 0.05) is 0 Å². The van der Waals surface area contributed by atoms with Gasteiger partial charge in [-0.15, -0.1) is 0 Å². The molecule has 0 aliphatic rings. The predicted octanol–water partition coefficient (Wildman–Crippen LogP) is -4.01. The van der Waals surface area contributed by atoms with Crippen molar-refractivity contribution in [3.05, 3.63) is 0 Å².